The molecule has 6 nitrogen and oxygen atoms in total. The molecular formula is C24H27N3O3. The summed E-state index contributed by atoms with van der Waals surface area (Å²) in [7, 11) is 0. The predicted molar refractivity (Wildman–Crippen MR) is 117 cm³/mol. The van der Waals surface area contributed by atoms with Gasteiger partial charge in [-0.2, -0.15) is 0 Å². The smallest absolute Gasteiger partial charge is 0.331 e. The van der Waals surface area contributed by atoms with E-state index in [0.717, 1.165) is 27.7 Å². The second-order valence-electron chi connectivity index (χ2n) is 7.83. The number of esters is 1. The molecule has 2 aromatic heterocycles. The fraction of sp³-hybridized carbons (Fsp3) is 0.333. The summed E-state index contributed by atoms with van der Waals surface area (Å²) >= 11 is 0. The average molecular weight is 405 g/mol. The van der Waals surface area contributed by atoms with Gasteiger partial charge in [0.05, 0.1) is 0 Å². The number of aromatic amines is 1. The Bertz CT molecular complexity index is 1100. The number of ether oxygens (including phenoxy) is 1. The molecule has 1 aliphatic carbocycles. The SMILES string of the molecule is Cc1cc(/C=C/C(=O)OCC(=O)NCCc2c[nH]c3ccccc23)c(C)n1C1CC1. The molecule has 0 saturated heterocycles. The number of aromatic nitrogens is 2. The highest BCUT2D eigenvalue weighted by Gasteiger charge is 2.26. The quantitative estimate of drug-likeness (QED) is 0.442. The van der Waals surface area contributed by atoms with Crippen LogP contribution in [0.5, 0.6) is 0 Å². The number of carbonyl (C=O) groups is 2. The van der Waals surface area contributed by atoms with E-state index in [1.165, 1.54) is 24.6 Å². The highest BCUT2D eigenvalue weighted by Crippen LogP contribution is 2.38. The monoisotopic (exact) mass is 405 g/mol. The van der Waals surface area contributed by atoms with Crippen LogP contribution in [0.4, 0.5) is 0 Å². The summed E-state index contributed by atoms with van der Waals surface area (Å²) in [4.78, 5) is 27.2. The van der Waals surface area contributed by atoms with Crippen LogP contribution in [0.15, 0.2) is 42.6 Å². The molecule has 1 aliphatic rings. The predicted octanol–water partition coefficient (Wildman–Crippen LogP) is 3.84. The minimum atomic E-state index is -0.516. The van der Waals surface area contributed by atoms with Crippen molar-refractivity contribution in [3.8, 4) is 0 Å². The molecule has 4 rings (SSSR count). The second kappa shape index (κ2) is 8.61. The van der Waals surface area contributed by atoms with Gasteiger partial charge in [0.25, 0.3) is 5.91 Å². The number of hydrogen-bond donors (Lipinski definition) is 2. The van der Waals surface area contributed by atoms with E-state index < -0.39 is 5.97 Å². The highest BCUT2D eigenvalue weighted by molar-refractivity contribution is 5.89. The number of benzene rings is 1. The summed E-state index contributed by atoms with van der Waals surface area (Å²) in [6.07, 6.45) is 8.26. The fourth-order valence-electron chi connectivity index (χ4n) is 3.93. The first kappa shape index (κ1) is 20.0. The van der Waals surface area contributed by atoms with Crippen LogP contribution < -0.4 is 5.32 Å². The Balaban J connectivity index is 1.21. The number of aryl methyl sites for hydroxylation is 1. The van der Waals surface area contributed by atoms with Crippen LogP contribution in [0.3, 0.4) is 0 Å². The van der Waals surface area contributed by atoms with Gasteiger partial charge < -0.3 is 19.6 Å². The Morgan fingerprint density at radius 1 is 1.27 bits per heavy atom. The number of fused-ring (bicyclic) bond motifs is 1. The van der Waals surface area contributed by atoms with E-state index in [-0.39, 0.29) is 12.5 Å². The third-order valence-electron chi connectivity index (χ3n) is 5.57. The Hall–Kier alpha value is -3.28. The number of amides is 1. The van der Waals surface area contributed by atoms with Crippen LogP contribution in [-0.4, -0.2) is 34.6 Å². The summed E-state index contributed by atoms with van der Waals surface area (Å²) in [6, 6.07) is 10.7. The number of nitrogens with zero attached hydrogens (tertiary/aromatic N) is 1. The number of rotatable bonds is 8. The minimum absolute atomic E-state index is 0.280. The molecule has 1 amide bonds. The van der Waals surface area contributed by atoms with Gasteiger partial charge in [-0.05, 0) is 62.4 Å². The zero-order valence-corrected chi connectivity index (χ0v) is 17.4. The maximum absolute atomic E-state index is 12.0. The van der Waals surface area contributed by atoms with Gasteiger partial charge in [-0.3, -0.25) is 4.79 Å². The van der Waals surface area contributed by atoms with Gasteiger partial charge in [-0.1, -0.05) is 18.2 Å². The third kappa shape index (κ3) is 4.48. The maximum atomic E-state index is 12.0. The van der Waals surface area contributed by atoms with Crippen LogP contribution >= 0.6 is 0 Å². The zero-order chi connectivity index (χ0) is 21.1. The minimum Gasteiger partial charge on any atom is -0.452 e. The van der Waals surface area contributed by atoms with E-state index in [0.29, 0.717) is 19.0 Å². The molecule has 0 aliphatic heterocycles. The van der Waals surface area contributed by atoms with Crippen LogP contribution in [0.1, 0.15) is 41.4 Å². The third-order valence-corrected chi connectivity index (χ3v) is 5.57. The molecule has 2 heterocycles. The first-order valence-electron chi connectivity index (χ1n) is 10.4. The Morgan fingerprint density at radius 2 is 2.07 bits per heavy atom. The van der Waals surface area contributed by atoms with E-state index in [9.17, 15) is 9.59 Å². The lowest BCUT2D eigenvalue weighted by atomic mass is 10.1. The van der Waals surface area contributed by atoms with Crippen molar-refractivity contribution < 1.29 is 14.3 Å². The standard InChI is InChI=1S/C24H27N3O3/c1-16-13-18(17(2)27(16)20-8-9-20)7-10-24(29)30-15-23(28)25-12-11-19-14-26-22-6-4-3-5-21(19)22/h3-7,10,13-14,20,26H,8-9,11-12,15H2,1-2H3,(H,25,28)/b10-7+. The number of nitrogens with one attached hydrogen (secondary N) is 2. The Morgan fingerprint density at radius 3 is 2.87 bits per heavy atom. The molecule has 0 radical (unpaired) electrons. The summed E-state index contributed by atoms with van der Waals surface area (Å²) in [5, 5.41) is 3.95. The van der Waals surface area contributed by atoms with Crippen molar-refractivity contribution in [2.45, 2.75) is 39.2 Å². The van der Waals surface area contributed by atoms with Crippen molar-refractivity contribution in [3.63, 3.8) is 0 Å². The van der Waals surface area contributed by atoms with Gasteiger partial charge in [0.15, 0.2) is 6.61 Å². The molecule has 0 atom stereocenters. The molecule has 1 aromatic carbocycles. The normalized spacial score (nSPS) is 13.8. The summed E-state index contributed by atoms with van der Waals surface area (Å²) in [5.74, 6) is -0.818. The molecule has 0 spiro atoms. The Kier molecular flexibility index (Phi) is 5.74. The molecule has 6 heteroatoms. The van der Waals surface area contributed by atoms with Gasteiger partial charge in [-0.25, -0.2) is 4.79 Å². The Labute approximate surface area is 175 Å². The first-order chi connectivity index (χ1) is 14.5. The van der Waals surface area contributed by atoms with Gasteiger partial charge in [0.1, 0.15) is 0 Å². The van der Waals surface area contributed by atoms with Crippen molar-refractivity contribution in [1.29, 1.82) is 0 Å². The molecule has 1 fully saturated rings. The van der Waals surface area contributed by atoms with Crippen LogP contribution in [0, 0.1) is 13.8 Å². The van der Waals surface area contributed by atoms with Gasteiger partial charge in [0, 0.05) is 47.2 Å². The lowest BCUT2D eigenvalue weighted by Gasteiger charge is -2.06. The lowest BCUT2D eigenvalue weighted by Crippen LogP contribution is -2.30. The van der Waals surface area contributed by atoms with E-state index in [2.05, 4.69) is 40.8 Å². The largest absolute Gasteiger partial charge is 0.452 e. The van der Waals surface area contributed by atoms with E-state index in [1.807, 2.05) is 24.4 Å². The van der Waals surface area contributed by atoms with Gasteiger partial charge in [-0.15, -0.1) is 0 Å². The van der Waals surface area contributed by atoms with Crippen molar-refractivity contribution >= 4 is 28.9 Å². The average Bonchev–Trinajstić information content (AvgIpc) is 3.42. The van der Waals surface area contributed by atoms with Gasteiger partial charge >= 0.3 is 5.97 Å². The van der Waals surface area contributed by atoms with Crippen LogP contribution in [-0.2, 0) is 20.7 Å². The molecule has 2 N–H and O–H groups in total. The number of hydrogen-bond acceptors (Lipinski definition) is 3. The van der Waals surface area contributed by atoms with E-state index in [4.69, 9.17) is 4.74 Å². The molecule has 156 valence electrons. The van der Waals surface area contributed by atoms with E-state index in [1.54, 1.807) is 6.08 Å². The summed E-state index contributed by atoms with van der Waals surface area (Å²) in [6.45, 7) is 4.36. The highest BCUT2D eigenvalue weighted by atomic mass is 16.5. The molecule has 30 heavy (non-hydrogen) atoms. The van der Waals surface area contributed by atoms with Gasteiger partial charge in [0.2, 0.25) is 0 Å². The van der Waals surface area contributed by atoms with Crippen LogP contribution in [0.2, 0.25) is 0 Å². The molecular weight excluding hydrogens is 378 g/mol. The molecule has 1 saturated carbocycles. The maximum Gasteiger partial charge on any atom is 0.331 e. The molecule has 0 bridgehead atoms. The number of carbonyl (C=O) groups excluding carboxylic acids is 2. The zero-order valence-electron chi connectivity index (χ0n) is 17.4. The van der Waals surface area contributed by atoms with Crippen molar-refractivity contribution in [1.82, 2.24) is 14.9 Å². The van der Waals surface area contributed by atoms with Crippen molar-refractivity contribution in [2.24, 2.45) is 0 Å². The fourth-order valence-corrected chi connectivity index (χ4v) is 3.93. The summed E-state index contributed by atoms with van der Waals surface area (Å²) in [5.41, 5.74) is 5.61. The number of H-pyrrole nitrogens is 1. The lowest BCUT2D eigenvalue weighted by molar-refractivity contribution is -0.143. The van der Waals surface area contributed by atoms with Crippen LogP contribution in [0.25, 0.3) is 17.0 Å². The summed E-state index contributed by atoms with van der Waals surface area (Å²) < 4.78 is 7.40. The van der Waals surface area contributed by atoms with Crippen molar-refractivity contribution in [3.05, 3.63) is 65.1 Å². The molecule has 0 unspecified atom stereocenters. The second-order valence-corrected chi connectivity index (χ2v) is 7.83. The number of para-hydroxylation sites is 1. The first-order valence-corrected chi connectivity index (χ1v) is 10.4. The molecule has 3 aromatic rings. The van der Waals surface area contributed by atoms with Crippen molar-refractivity contribution in [2.75, 3.05) is 13.2 Å². The topological polar surface area (TPSA) is 76.1 Å². The van der Waals surface area contributed by atoms with E-state index >= 15 is 0 Å².